The minimum atomic E-state index is -3.56. The Labute approximate surface area is 65.6 Å². The van der Waals surface area contributed by atoms with E-state index in [0.29, 0.717) is 6.42 Å². The van der Waals surface area contributed by atoms with Crippen LogP contribution in [0.4, 0.5) is 0 Å². The van der Waals surface area contributed by atoms with Crippen molar-refractivity contribution in [2.75, 3.05) is 0 Å². The molecule has 0 aliphatic heterocycles. The minimum absolute atomic E-state index is 0.0802. The summed E-state index contributed by atoms with van der Waals surface area (Å²) in [4.78, 5) is 0.0802. The summed E-state index contributed by atoms with van der Waals surface area (Å²) in [7, 11) is 1.45. The van der Waals surface area contributed by atoms with Gasteiger partial charge in [0.15, 0.2) is 0 Å². The summed E-state index contributed by atoms with van der Waals surface area (Å²) in [6.07, 6.45) is 3.37. The van der Waals surface area contributed by atoms with Gasteiger partial charge in [0.2, 0.25) is 0 Å². The molecule has 0 amide bonds. The summed E-state index contributed by atoms with van der Waals surface area (Å²) in [5.41, 5.74) is 0. The number of halogens is 1. The molecule has 0 saturated heterocycles. The highest BCUT2D eigenvalue weighted by molar-refractivity contribution is 8.17. The molecule has 0 aromatic rings. The fourth-order valence-corrected chi connectivity index (χ4v) is 1.43. The maximum atomic E-state index is 10.6. The molecule has 0 fully saturated rings. The van der Waals surface area contributed by atoms with Gasteiger partial charge in [0, 0.05) is 10.7 Å². The van der Waals surface area contributed by atoms with Crippen LogP contribution in [0, 0.1) is 0 Å². The fraction of sp³-hybridized carbons (Fsp3) is 0.333. The van der Waals surface area contributed by atoms with Crippen molar-refractivity contribution in [1.82, 2.24) is 0 Å². The summed E-state index contributed by atoms with van der Waals surface area (Å²) < 4.78 is 21.2. The molecule has 10 heavy (non-hydrogen) atoms. The van der Waals surface area contributed by atoms with E-state index in [2.05, 4.69) is 6.58 Å². The molecule has 0 spiro atoms. The van der Waals surface area contributed by atoms with Gasteiger partial charge in [0.05, 0.1) is 4.91 Å². The van der Waals surface area contributed by atoms with E-state index in [1.54, 1.807) is 0 Å². The van der Waals surface area contributed by atoms with Crippen molar-refractivity contribution in [1.29, 1.82) is 0 Å². The zero-order valence-corrected chi connectivity index (χ0v) is 7.24. The smallest absolute Gasteiger partial charge is 0.207 e. The van der Waals surface area contributed by atoms with E-state index in [-0.39, 0.29) is 4.91 Å². The van der Waals surface area contributed by atoms with Crippen LogP contribution in [0.15, 0.2) is 23.6 Å². The Balaban J connectivity index is 4.71. The zero-order chi connectivity index (χ0) is 8.20. The Bertz CT molecular complexity index is 238. The van der Waals surface area contributed by atoms with E-state index in [1.807, 2.05) is 6.92 Å². The van der Waals surface area contributed by atoms with Gasteiger partial charge in [0.25, 0.3) is 9.05 Å². The number of hydrogen-bond acceptors (Lipinski definition) is 2. The van der Waals surface area contributed by atoms with Gasteiger partial charge in [-0.1, -0.05) is 19.6 Å². The van der Waals surface area contributed by atoms with Gasteiger partial charge < -0.3 is 0 Å². The predicted octanol–water partition coefficient (Wildman–Crippen LogP) is 2.03. The molecular formula is C6H9ClO2S. The second kappa shape index (κ2) is 3.78. The molecule has 0 bridgehead atoms. The first kappa shape index (κ1) is 9.72. The SMILES string of the molecule is C=C/C(=C\CC)S(=O)(=O)Cl. The van der Waals surface area contributed by atoms with E-state index in [9.17, 15) is 8.42 Å². The van der Waals surface area contributed by atoms with Crippen molar-refractivity contribution in [3.8, 4) is 0 Å². The Hall–Kier alpha value is -0.280. The summed E-state index contributed by atoms with van der Waals surface area (Å²) in [6, 6.07) is 0. The van der Waals surface area contributed by atoms with E-state index in [1.165, 1.54) is 12.2 Å². The van der Waals surface area contributed by atoms with Crippen LogP contribution in [0.3, 0.4) is 0 Å². The average molecular weight is 181 g/mol. The monoisotopic (exact) mass is 180 g/mol. The summed E-state index contributed by atoms with van der Waals surface area (Å²) >= 11 is 0. The van der Waals surface area contributed by atoms with Crippen molar-refractivity contribution < 1.29 is 8.42 Å². The largest absolute Gasteiger partial charge is 0.260 e. The third-order valence-corrected chi connectivity index (χ3v) is 2.32. The van der Waals surface area contributed by atoms with Crippen molar-refractivity contribution in [2.45, 2.75) is 13.3 Å². The van der Waals surface area contributed by atoms with Gasteiger partial charge in [-0.25, -0.2) is 8.42 Å². The van der Waals surface area contributed by atoms with Gasteiger partial charge >= 0.3 is 0 Å². The molecule has 4 heteroatoms. The van der Waals surface area contributed by atoms with Crippen LogP contribution in [0.5, 0.6) is 0 Å². The Kier molecular flexibility index (Phi) is 3.68. The van der Waals surface area contributed by atoms with E-state index in [4.69, 9.17) is 10.7 Å². The molecule has 0 saturated carbocycles. The zero-order valence-electron chi connectivity index (χ0n) is 5.67. The third-order valence-electron chi connectivity index (χ3n) is 0.888. The lowest BCUT2D eigenvalue weighted by atomic mass is 10.4. The van der Waals surface area contributed by atoms with Crippen molar-refractivity contribution in [3.05, 3.63) is 23.6 Å². The number of allylic oxidation sites excluding steroid dienone is 2. The summed E-state index contributed by atoms with van der Waals surface area (Å²) in [5.74, 6) is 0. The van der Waals surface area contributed by atoms with E-state index < -0.39 is 9.05 Å². The molecule has 0 aliphatic carbocycles. The third kappa shape index (κ3) is 3.03. The highest BCUT2D eigenvalue weighted by atomic mass is 35.7. The molecule has 2 nitrogen and oxygen atoms in total. The molecule has 58 valence electrons. The van der Waals surface area contributed by atoms with E-state index in [0.717, 1.165) is 0 Å². The van der Waals surface area contributed by atoms with Crippen LogP contribution in [0.2, 0.25) is 0 Å². The molecular weight excluding hydrogens is 172 g/mol. The molecule has 0 heterocycles. The first-order valence-corrected chi connectivity index (χ1v) is 5.10. The highest BCUT2D eigenvalue weighted by Crippen LogP contribution is 2.12. The van der Waals surface area contributed by atoms with Crippen LogP contribution in [0.25, 0.3) is 0 Å². The van der Waals surface area contributed by atoms with Gasteiger partial charge in [-0.3, -0.25) is 0 Å². The molecule has 0 aromatic carbocycles. The van der Waals surface area contributed by atoms with Gasteiger partial charge in [-0.05, 0) is 12.5 Å². The quantitative estimate of drug-likeness (QED) is 0.492. The van der Waals surface area contributed by atoms with Crippen molar-refractivity contribution in [2.24, 2.45) is 0 Å². The lowest BCUT2D eigenvalue weighted by Crippen LogP contribution is -1.90. The minimum Gasteiger partial charge on any atom is -0.207 e. The van der Waals surface area contributed by atoms with E-state index >= 15 is 0 Å². The molecule has 0 N–H and O–H groups in total. The van der Waals surface area contributed by atoms with Crippen LogP contribution >= 0.6 is 10.7 Å². The molecule has 0 aromatic heterocycles. The molecule has 0 unspecified atom stereocenters. The Morgan fingerprint density at radius 1 is 1.70 bits per heavy atom. The van der Waals surface area contributed by atoms with Crippen LogP contribution < -0.4 is 0 Å². The van der Waals surface area contributed by atoms with Gasteiger partial charge in [0.1, 0.15) is 0 Å². The Morgan fingerprint density at radius 3 is 2.30 bits per heavy atom. The first-order valence-electron chi connectivity index (χ1n) is 2.79. The van der Waals surface area contributed by atoms with Gasteiger partial charge in [-0.15, -0.1) is 0 Å². The second-order valence-electron chi connectivity index (χ2n) is 1.66. The molecule has 0 radical (unpaired) electrons. The first-order chi connectivity index (χ1) is 4.52. The second-order valence-corrected chi connectivity index (χ2v) is 4.22. The normalized spacial score (nSPS) is 13.2. The fourth-order valence-electron chi connectivity index (χ4n) is 0.484. The van der Waals surface area contributed by atoms with Crippen molar-refractivity contribution >= 4 is 19.7 Å². The average Bonchev–Trinajstić information content (AvgIpc) is 1.80. The maximum absolute atomic E-state index is 10.6. The highest BCUT2D eigenvalue weighted by Gasteiger charge is 2.07. The van der Waals surface area contributed by atoms with Crippen LogP contribution in [-0.2, 0) is 9.05 Å². The topological polar surface area (TPSA) is 34.1 Å². The van der Waals surface area contributed by atoms with Gasteiger partial charge in [-0.2, -0.15) is 0 Å². The lowest BCUT2D eigenvalue weighted by molar-refractivity contribution is 0.615. The Morgan fingerprint density at radius 2 is 2.20 bits per heavy atom. The standard InChI is InChI=1S/C6H9ClO2S/c1-3-5-6(4-2)10(7,8)9/h4-5H,2-3H2,1H3/b6-5+. The van der Waals surface area contributed by atoms with Crippen LogP contribution in [0.1, 0.15) is 13.3 Å². The van der Waals surface area contributed by atoms with Crippen LogP contribution in [-0.4, -0.2) is 8.42 Å². The predicted molar refractivity (Wildman–Crippen MR) is 43.3 cm³/mol. The maximum Gasteiger partial charge on any atom is 0.260 e. The van der Waals surface area contributed by atoms with Crippen molar-refractivity contribution in [3.63, 3.8) is 0 Å². The molecule has 0 atom stereocenters. The summed E-state index contributed by atoms with van der Waals surface area (Å²) in [5, 5.41) is 0. The molecule has 0 aliphatic rings. The molecule has 0 rings (SSSR count). The number of rotatable bonds is 3. The number of hydrogen-bond donors (Lipinski definition) is 0. The summed E-state index contributed by atoms with van der Waals surface area (Å²) in [6.45, 7) is 5.14. The lowest BCUT2D eigenvalue weighted by Gasteiger charge is -1.92.